The highest BCUT2D eigenvalue weighted by atomic mass is 16.5. The SMILES string of the molecule is CCCOc1ccc(C(=O)N/N=C(\c2ccccc2)C(C)C)cc1. The van der Waals surface area contributed by atoms with E-state index in [1.165, 1.54) is 0 Å². The Morgan fingerprint density at radius 3 is 2.29 bits per heavy atom. The van der Waals surface area contributed by atoms with Crippen molar-refractivity contribution in [1.29, 1.82) is 0 Å². The van der Waals surface area contributed by atoms with Gasteiger partial charge in [0, 0.05) is 5.56 Å². The number of hydrogen-bond donors (Lipinski definition) is 1. The fraction of sp³-hybridized carbons (Fsp3) is 0.300. The number of ether oxygens (including phenoxy) is 1. The summed E-state index contributed by atoms with van der Waals surface area (Å²) >= 11 is 0. The van der Waals surface area contributed by atoms with Crippen molar-refractivity contribution in [3.8, 4) is 5.75 Å². The van der Waals surface area contributed by atoms with E-state index in [2.05, 4.69) is 31.3 Å². The minimum atomic E-state index is -0.230. The molecule has 0 aliphatic carbocycles. The third-order valence-electron chi connectivity index (χ3n) is 3.48. The second-order valence-electron chi connectivity index (χ2n) is 5.83. The molecule has 0 fully saturated rings. The van der Waals surface area contributed by atoms with Gasteiger partial charge in [-0.05, 0) is 42.2 Å². The second kappa shape index (κ2) is 8.87. The zero-order valence-electron chi connectivity index (χ0n) is 14.5. The summed E-state index contributed by atoms with van der Waals surface area (Å²) in [5.74, 6) is 0.743. The molecule has 1 N–H and O–H groups in total. The third kappa shape index (κ3) is 4.95. The standard InChI is InChI=1S/C20H24N2O2/c1-4-14-24-18-12-10-17(11-13-18)20(23)22-21-19(15(2)3)16-8-6-5-7-9-16/h5-13,15H,4,14H2,1-3H3,(H,22,23)/b21-19-. The molecule has 24 heavy (non-hydrogen) atoms. The number of rotatable bonds is 7. The number of amides is 1. The van der Waals surface area contributed by atoms with E-state index >= 15 is 0 Å². The van der Waals surface area contributed by atoms with Gasteiger partial charge in [-0.2, -0.15) is 5.10 Å². The summed E-state index contributed by atoms with van der Waals surface area (Å²) in [7, 11) is 0. The number of nitrogens with one attached hydrogen (secondary N) is 1. The number of hydrazone groups is 1. The molecule has 2 aromatic rings. The number of carbonyl (C=O) groups excluding carboxylic acids is 1. The Labute approximate surface area is 143 Å². The topological polar surface area (TPSA) is 50.7 Å². The molecule has 0 radical (unpaired) electrons. The van der Waals surface area contributed by atoms with Crippen molar-refractivity contribution in [3.05, 3.63) is 65.7 Å². The zero-order valence-corrected chi connectivity index (χ0v) is 14.5. The molecule has 0 atom stereocenters. The molecular formula is C20H24N2O2. The van der Waals surface area contributed by atoms with Crippen molar-refractivity contribution in [3.63, 3.8) is 0 Å². The highest BCUT2D eigenvalue weighted by Crippen LogP contribution is 2.13. The van der Waals surface area contributed by atoms with Gasteiger partial charge in [0.25, 0.3) is 5.91 Å². The van der Waals surface area contributed by atoms with Crippen LogP contribution in [-0.2, 0) is 0 Å². The van der Waals surface area contributed by atoms with Crippen LogP contribution in [0.5, 0.6) is 5.75 Å². The van der Waals surface area contributed by atoms with Crippen LogP contribution in [0.1, 0.15) is 43.1 Å². The zero-order chi connectivity index (χ0) is 17.4. The van der Waals surface area contributed by atoms with Gasteiger partial charge in [0.05, 0.1) is 12.3 Å². The first-order valence-electron chi connectivity index (χ1n) is 8.28. The van der Waals surface area contributed by atoms with E-state index in [9.17, 15) is 4.79 Å². The van der Waals surface area contributed by atoms with Crippen LogP contribution < -0.4 is 10.2 Å². The van der Waals surface area contributed by atoms with Gasteiger partial charge >= 0.3 is 0 Å². The summed E-state index contributed by atoms with van der Waals surface area (Å²) in [6.07, 6.45) is 0.953. The summed E-state index contributed by atoms with van der Waals surface area (Å²) in [5.41, 5.74) is 5.07. The summed E-state index contributed by atoms with van der Waals surface area (Å²) in [6, 6.07) is 17.0. The lowest BCUT2D eigenvalue weighted by molar-refractivity contribution is 0.0954. The molecule has 0 heterocycles. The van der Waals surface area contributed by atoms with Crippen LogP contribution in [0.2, 0.25) is 0 Å². The maximum atomic E-state index is 12.3. The van der Waals surface area contributed by atoms with Crippen LogP contribution in [0, 0.1) is 5.92 Å². The van der Waals surface area contributed by atoms with Gasteiger partial charge in [-0.3, -0.25) is 4.79 Å². The summed E-state index contributed by atoms with van der Waals surface area (Å²) in [6.45, 7) is 6.83. The van der Waals surface area contributed by atoms with Crippen molar-refractivity contribution in [2.75, 3.05) is 6.61 Å². The number of benzene rings is 2. The lowest BCUT2D eigenvalue weighted by Gasteiger charge is -2.11. The van der Waals surface area contributed by atoms with Crippen LogP contribution in [0.25, 0.3) is 0 Å². The molecule has 2 rings (SSSR count). The molecule has 0 saturated heterocycles. The largest absolute Gasteiger partial charge is 0.494 e. The van der Waals surface area contributed by atoms with Crippen molar-refractivity contribution in [1.82, 2.24) is 5.43 Å². The van der Waals surface area contributed by atoms with E-state index in [0.29, 0.717) is 12.2 Å². The van der Waals surface area contributed by atoms with Gasteiger partial charge in [0.2, 0.25) is 0 Å². The number of hydrogen-bond acceptors (Lipinski definition) is 3. The minimum absolute atomic E-state index is 0.206. The average Bonchev–Trinajstić information content (AvgIpc) is 2.61. The molecule has 0 bridgehead atoms. The Kier molecular flexibility index (Phi) is 6.55. The molecule has 0 aromatic heterocycles. The molecule has 4 heteroatoms. The molecule has 0 spiro atoms. The maximum Gasteiger partial charge on any atom is 0.271 e. The van der Waals surface area contributed by atoms with Crippen molar-refractivity contribution >= 4 is 11.6 Å². The molecular weight excluding hydrogens is 300 g/mol. The first-order valence-corrected chi connectivity index (χ1v) is 8.28. The fourth-order valence-corrected chi connectivity index (χ4v) is 2.23. The van der Waals surface area contributed by atoms with Crippen LogP contribution in [0.3, 0.4) is 0 Å². The first kappa shape index (κ1) is 17.7. The molecule has 4 nitrogen and oxygen atoms in total. The van der Waals surface area contributed by atoms with Gasteiger partial charge in [0.1, 0.15) is 5.75 Å². The molecule has 0 unspecified atom stereocenters. The second-order valence-corrected chi connectivity index (χ2v) is 5.83. The van der Waals surface area contributed by atoms with Crippen LogP contribution in [0.15, 0.2) is 59.7 Å². The van der Waals surface area contributed by atoms with Crippen LogP contribution in [-0.4, -0.2) is 18.2 Å². The highest BCUT2D eigenvalue weighted by molar-refractivity contribution is 6.03. The van der Waals surface area contributed by atoms with Gasteiger partial charge in [-0.25, -0.2) is 5.43 Å². The molecule has 0 saturated carbocycles. The molecule has 0 aliphatic rings. The van der Waals surface area contributed by atoms with Gasteiger partial charge in [0.15, 0.2) is 0 Å². The monoisotopic (exact) mass is 324 g/mol. The van der Waals surface area contributed by atoms with Crippen molar-refractivity contribution in [2.45, 2.75) is 27.2 Å². The summed E-state index contributed by atoms with van der Waals surface area (Å²) in [4.78, 5) is 12.3. The smallest absolute Gasteiger partial charge is 0.271 e. The Morgan fingerprint density at radius 2 is 1.71 bits per heavy atom. The van der Waals surface area contributed by atoms with Gasteiger partial charge < -0.3 is 4.74 Å². The van der Waals surface area contributed by atoms with E-state index in [0.717, 1.165) is 23.4 Å². The van der Waals surface area contributed by atoms with E-state index in [4.69, 9.17) is 4.74 Å². The van der Waals surface area contributed by atoms with E-state index in [1.54, 1.807) is 24.3 Å². The fourth-order valence-electron chi connectivity index (χ4n) is 2.23. The summed E-state index contributed by atoms with van der Waals surface area (Å²) < 4.78 is 5.52. The predicted molar refractivity (Wildman–Crippen MR) is 97.5 cm³/mol. The lowest BCUT2D eigenvalue weighted by atomic mass is 10.0. The van der Waals surface area contributed by atoms with E-state index in [-0.39, 0.29) is 11.8 Å². The highest BCUT2D eigenvalue weighted by Gasteiger charge is 2.10. The van der Waals surface area contributed by atoms with Gasteiger partial charge in [-0.15, -0.1) is 0 Å². The number of nitrogens with zero attached hydrogens (tertiary/aromatic N) is 1. The molecule has 1 amide bonds. The average molecular weight is 324 g/mol. The Bertz CT molecular complexity index is 677. The van der Waals surface area contributed by atoms with E-state index < -0.39 is 0 Å². The Morgan fingerprint density at radius 1 is 1.04 bits per heavy atom. The molecule has 126 valence electrons. The maximum absolute atomic E-state index is 12.3. The molecule has 0 aliphatic heterocycles. The Balaban J connectivity index is 2.07. The Hall–Kier alpha value is -2.62. The van der Waals surface area contributed by atoms with E-state index in [1.807, 2.05) is 30.3 Å². The molecule has 2 aromatic carbocycles. The normalized spacial score (nSPS) is 11.4. The lowest BCUT2D eigenvalue weighted by Crippen LogP contribution is -2.22. The minimum Gasteiger partial charge on any atom is -0.494 e. The van der Waals surface area contributed by atoms with Crippen LogP contribution >= 0.6 is 0 Å². The first-order chi connectivity index (χ1) is 11.6. The third-order valence-corrected chi connectivity index (χ3v) is 3.48. The quantitative estimate of drug-likeness (QED) is 0.611. The number of carbonyl (C=O) groups is 1. The van der Waals surface area contributed by atoms with Gasteiger partial charge in [-0.1, -0.05) is 51.1 Å². The predicted octanol–water partition coefficient (Wildman–Crippen LogP) is 4.27. The van der Waals surface area contributed by atoms with Crippen LogP contribution in [0.4, 0.5) is 0 Å². The van der Waals surface area contributed by atoms with Crippen molar-refractivity contribution in [2.24, 2.45) is 11.0 Å². The summed E-state index contributed by atoms with van der Waals surface area (Å²) in [5, 5.41) is 4.33. The van der Waals surface area contributed by atoms with Crippen molar-refractivity contribution < 1.29 is 9.53 Å².